The van der Waals surface area contributed by atoms with Crippen LogP contribution in [0, 0.1) is 10.1 Å². The topological polar surface area (TPSA) is 107 Å². The summed E-state index contributed by atoms with van der Waals surface area (Å²) in [5.41, 5.74) is -2.72. The zero-order valence-electron chi connectivity index (χ0n) is 14.5. The number of benzene rings is 2. The first kappa shape index (κ1) is 17.8. The summed E-state index contributed by atoms with van der Waals surface area (Å²) in [4.78, 5) is 36.3. The fraction of sp³-hybridized carbons (Fsp3) is 0.263. The van der Waals surface area contributed by atoms with Gasteiger partial charge >= 0.3 is 0 Å². The fourth-order valence-corrected chi connectivity index (χ4v) is 3.21. The number of ether oxygens (including phenoxy) is 1. The van der Waals surface area contributed by atoms with Crippen molar-refractivity contribution in [1.82, 2.24) is 0 Å². The lowest BCUT2D eigenvalue weighted by Crippen LogP contribution is -2.38. The summed E-state index contributed by atoms with van der Waals surface area (Å²) in [7, 11) is 1.37. The van der Waals surface area contributed by atoms with E-state index in [0.717, 1.165) is 11.6 Å². The van der Waals surface area contributed by atoms with Gasteiger partial charge in [0.25, 0.3) is 5.69 Å². The Kier molecular flexibility index (Phi) is 4.12. The first-order chi connectivity index (χ1) is 12.2. The normalized spacial score (nSPS) is 19.0. The molecule has 1 aliphatic rings. The number of ketones is 2. The predicted molar refractivity (Wildman–Crippen MR) is 92.7 cm³/mol. The van der Waals surface area contributed by atoms with Gasteiger partial charge in [-0.25, -0.2) is 0 Å². The van der Waals surface area contributed by atoms with Gasteiger partial charge in [-0.15, -0.1) is 0 Å². The van der Waals surface area contributed by atoms with E-state index >= 15 is 0 Å². The number of hydrogen-bond acceptors (Lipinski definition) is 6. The third-order valence-corrected chi connectivity index (χ3v) is 4.65. The highest BCUT2D eigenvalue weighted by Gasteiger charge is 2.57. The number of nitro groups is 1. The number of fused-ring (bicyclic) bond motifs is 1. The molecule has 1 unspecified atom stereocenters. The highest BCUT2D eigenvalue weighted by molar-refractivity contribution is 6.33. The second-order valence-corrected chi connectivity index (χ2v) is 6.44. The number of Topliss-reactive ketones (excluding diaryl/α,β-unsaturated/α-hetero) is 2. The molecule has 0 fully saturated rings. The number of methoxy groups -OCH3 is 1. The molecule has 2 aromatic carbocycles. The molecule has 0 bridgehead atoms. The largest absolute Gasteiger partial charge is 0.496 e. The van der Waals surface area contributed by atoms with Crippen molar-refractivity contribution in [3.63, 3.8) is 0 Å². The van der Waals surface area contributed by atoms with Gasteiger partial charge in [0.05, 0.1) is 12.0 Å². The number of aliphatic hydroxyl groups is 1. The van der Waals surface area contributed by atoms with Crippen LogP contribution in [0.5, 0.6) is 5.75 Å². The molecule has 7 heteroatoms. The van der Waals surface area contributed by atoms with Crippen molar-refractivity contribution in [3.05, 3.63) is 68.8 Å². The van der Waals surface area contributed by atoms with E-state index in [1.165, 1.54) is 25.3 Å². The van der Waals surface area contributed by atoms with Gasteiger partial charge in [0.1, 0.15) is 11.3 Å². The second kappa shape index (κ2) is 6.03. The minimum atomic E-state index is -2.55. The van der Waals surface area contributed by atoms with Crippen LogP contribution in [0.3, 0.4) is 0 Å². The molecule has 0 amide bonds. The highest BCUT2D eigenvalue weighted by Crippen LogP contribution is 2.44. The van der Waals surface area contributed by atoms with E-state index in [2.05, 4.69) is 0 Å². The Morgan fingerprint density at radius 3 is 2.42 bits per heavy atom. The second-order valence-electron chi connectivity index (χ2n) is 6.44. The van der Waals surface area contributed by atoms with E-state index in [-0.39, 0.29) is 28.4 Å². The smallest absolute Gasteiger partial charge is 0.281 e. The average molecular weight is 355 g/mol. The minimum Gasteiger partial charge on any atom is -0.496 e. The Morgan fingerprint density at radius 1 is 1.15 bits per heavy atom. The molecular weight excluding hydrogens is 338 g/mol. The van der Waals surface area contributed by atoms with Gasteiger partial charge < -0.3 is 9.84 Å². The Labute approximate surface area is 149 Å². The fourth-order valence-electron chi connectivity index (χ4n) is 3.21. The van der Waals surface area contributed by atoms with Crippen molar-refractivity contribution < 1.29 is 24.4 Å². The van der Waals surface area contributed by atoms with Crippen molar-refractivity contribution in [3.8, 4) is 5.75 Å². The van der Waals surface area contributed by atoms with Crippen molar-refractivity contribution in [2.45, 2.75) is 25.4 Å². The Balaban J connectivity index is 2.24. The molecule has 0 saturated carbocycles. The SMILES string of the molecule is COc1cc(C(C)C)ccc1C1(O)C(=O)c2cccc([N+](=O)[O-])c2C1=O. The quantitative estimate of drug-likeness (QED) is 0.513. The number of rotatable bonds is 4. The van der Waals surface area contributed by atoms with Crippen molar-refractivity contribution in [2.75, 3.05) is 7.11 Å². The van der Waals surface area contributed by atoms with Gasteiger partial charge in [0, 0.05) is 17.2 Å². The van der Waals surface area contributed by atoms with E-state index < -0.39 is 27.8 Å². The number of carbonyl (C=O) groups is 2. The maximum Gasteiger partial charge on any atom is 0.281 e. The molecule has 2 aromatic rings. The van der Waals surface area contributed by atoms with E-state index in [1.807, 2.05) is 13.8 Å². The lowest BCUT2D eigenvalue weighted by molar-refractivity contribution is -0.385. The van der Waals surface area contributed by atoms with Gasteiger partial charge in [-0.1, -0.05) is 38.1 Å². The van der Waals surface area contributed by atoms with Crippen LogP contribution in [0.1, 0.15) is 51.6 Å². The lowest BCUT2D eigenvalue weighted by atomic mass is 9.86. The van der Waals surface area contributed by atoms with E-state index in [0.29, 0.717) is 0 Å². The van der Waals surface area contributed by atoms with Crippen molar-refractivity contribution in [2.24, 2.45) is 0 Å². The van der Waals surface area contributed by atoms with Gasteiger partial charge in [-0.2, -0.15) is 0 Å². The van der Waals surface area contributed by atoms with Crippen LogP contribution < -0.4 is 4.74 Å². The number of hydrogen-bond donors (Lipinski definition) is 1. The molecule has 0 spiro atoms. The molecule has 0 saturated heterocycles. The zero-order chi connectivity index (χ0) is 19.2. The summed E-state index contributed by atoms with van der Waals surface area (Å²) >= 11 is 0. The number of nitrogens with zero attached hydrogens (tertiary/aromatic N) is 1. The van der Waals surface area contributed by atoms with Crippen LogP contribution in [-0.4, -0.2) is 28.7 Å². The first-order valence-electron chi connectivity index (χ1n) is 8.01. The van der Waals surface area contributed by atoms with Crippen LogP contribution in [0.15, 0.2) is 36.4 Å². The van der Waals surface area contributed by atoms with E-state index in [1.54, 1.807) is 12.1 Å². The molecule has 0 heterocycles. The molecule has 1 N–H and O–H groups in total. The van der Waals surface area contributed by atoms with Crippen molar-refractivity contribution in [1.29, 1.82) is 0 Å². The van der Waals surface area contributed by atoms with E-state index in [9.17, 15) is 24.8 Å². The third kappa shape index (κ3) is 2.32. The standard InChI is InChI=1S/C19H17NO6/c1-10(2)11-7-8-13(15(9-11)26-3)19(23)17(21)12-5-4-6-14(20(24)25)16(12)18(19)22/h4-10,23H,1-3H3. The zero-order valence-corrected chi connectivity index (χ0v) is 14.5. The molecule has 3 rings (SSSR count). The Hall–Kier alpha value is -3.06. The molecule has 0 aromatic heterocycles. The molecule has 26 heavy (non-hydrogen) atoms. The molecule has 134 valence electrons. The monoisotopic (exact) mass is 355 g/mol. The van der Waals surface area contributed by atoms with Crippen LogP contribution >= 0.6 is 0 Å². The van der Waals surface area contributed by atoms with Gasteiger partial charge in [0.2, 0.25) is 17.2 Å². The first-order valence-corrected chi connectivity index (χ1v) is 8.01. The molecule has 7 nitrogen and oxygen atoms in total. The minimum absolute atomic E-state index is 0.0232. The van der Waals surface area contributed by atoms with Gasteiger partial charge in [-0.3, -0.25) is 19.7 Å². The van der Waals surface area contributed by atoms with E-state index in [4.69, 9.17) is 4.74 Å². The van der Waals surface area contributed by atoms with Gasteiger partial charge in [-0.05, 0) is 17.5 Å². The molecule has 1 aliphatic carbocycles. The molecule has 1 atom stereocenters. The van der Waals surface area contributed by atoms with Crippen LogP contribution in [-0.2, 0) is 5.60 Å². The summed E-state index contributed by atoms with van der Waals surface area (Å²) in [5.74, 6) is -1.56. The van der Waals surface area contributed by atoms with Crippen LogP contribution in [0.25, 0.3) is 0 Å². The van der Waals surface area contributed by atoms with Crippen molar-refractivity contribution >= 4 is 17.3 Å². The van der Waals surface area contributed by atoms with Crippen LogP contribution in [0.2, 0.25) is 0 Å². The maximum atomic E-state index is 12.9. The number of carbonyl (C=O) groups excluding carboxylic acids is 2. The Bertz CT molecular complexity index is 949. The summed E-state index contributed by atoms with van der Waals surface area (Å²) < 4.78 is 5.29. The Morgan fingerprint density at radius 2 is 1.85 bits per heavy atom. The summed E-state index contributed by atoms with van der Waals surface area (Å²) in [6.45, 7) is 3.93. The third-order valence-electron chi connectivity index (χ3n) is 4.65. The summed E-state index contributed by atoms with van der Waals surface area (Å²) in [6, 6.07) is 8.55. The summed E-state index contributed by atoms with van der Waals surface area (Å²) in [5, 5.41) is 22.3. The average Bonchev–Trinajstić information content (AvgIpc) is 2.83. The highest BCUT2D eigenvalue weighted by atomic mass is 16.6. The lowest BCUT2D eigenvalue weighted by Gasteiger charge is -2.23. The molecular formula is C19H17NO6. The number of nitro benzene ring substituents is 1. The predicted octanol–water partition coefficient (Wildman–Crippen LogP) is 2.99. The molecule has 0 radical (unpaired) electrons. The molecule has 0 aliphatic heterocycles. The van der Waals surface area contributed by atoms with Crippen LogP contribution in [0.4, 0.5) is 5.69 Å². The summed E-state index contributed by atoms with van der Waals surface area (Å²) in [6.07, 6.45) is 0. The maximum absolute atomic E-state index is 12.9. The van der Waals surface area contributed by atoms with Gasteiger partial charge in [0.15, 0.2) is 0 Å².